The lowest BCUT2D eigenvalue weighted by atomic mass is 10.1. The lowest BCUT2D eigenvalue weighted by Gasteiger charge is -2.12. The number of aryl methyl sites for hydroxylation is 1. The maximum atomic E-state index is 13.8. The first-order chi connectivity index (χ1) is 13.4. The summed E-state index contributed by atoms with van der Waals surface area (Å²) in [5, 5.41) is 3.94. The van der Waals surface area contributed by atoms with Crippen LogP contribution in [0.15, 0.2) is 35.5 Å². The lowest BCUT2D eigenvalue weighted by Crippen LogP contribution is -2.17. The van der Waals surface area contributed by atoms with Crippen LogP contribution in [0.25, 0.3) is 0 Å². The zero-order valence-electron chi connectivity index (χ0n) is 16.1. The van der Waals surface area contributed by atoms with Gasteiger partial charge in [0.2, 0.25) is 0 Å². The van der Waals surface area contributed by atoms with Crippen molar-refractivity contribution in [1.29, 1.82) is 0 Å². The molecule has 8 heteroatoms. The van der Waals surface area contributed by atoms with Gasteiger partial charge in [-0.1, -0.05) is 32.0 Å². The van der Waals surface area contributed by atoms with Gasteiger partial charge in [-0.25, -0.2) is 19.3 Å². The molecule has 3 rings (SSSR count). The fourth-order valence-corrected chi connectivity index (χ4v) is 4.13. The molecule has 1 amide bonds. The van der Waals surface area contributed by atoms with Crippen molar-refractivity contribution in [2.45, 2.75) is 38.1 Å². The highest BCUT2D eigenvalue weighted by Gasteiger charge is 2.20. The van der Waals surface area contributed by atoms with Crippen LogP contribution in [-0.4, -0.2) is 27.1 Å². The average Bonchev–Trinajstić information content (AvgIpc) is 3.09. The Balaban J connectivity index is 1.79. The van der Waals surface area contributed by atoms with Gasteiger partial charge in [-0.15, -0.1) is 23.1 Å². The van der Waals surface area contributed by atoms with Crippen LogP contribution in [0.3, 0.4) is 0 Å². The largest absolute Gasteiger partial charge is 0.298 e. The van der Waals surface area contributed by atoms with Gasteiger partial charge in [0.1, 0.15) is 16.7 Å². The molecule has 1 N–H and O–H groups in total. The van der Waals surface area contributed by atoms with Gasteiger partial charge in [0, 0.05) is 23.4 Å². The van der Waals surface area contributed by atoms with Gasteiger partial charge in [0.05, 0.1) is 11.3 Å². The van der Waals surface area contributed by atoms with Gasteiger partial charge in [0.15, 0.2) is 5.13 Å². The third kappa shape index (κ3) is 4.56. The number of nitrogens with zero attached hydrogens (tertiary/aromatic N) is 3. The molecule has 0 aliphatic rings. The highest BCUT2D eigenvalue weighted by atomic mass is 32.2. The summed E-state index contributed by atoms with van der Waals surface area (Å²) in [6.07, 6.45) is 3.98. The highest BCUT2D eigenvalue weighted by molar-refractivity contribution is 7.98. The Kier molecular flexibility index (Phi) is 6.41. The number of thioether (sulfide) groups is 1. The van der Waals surface area contributed by atoms with E-state index in [0.29, 0.717) is 33.4 Å². The number of thiazole rings is 1. The molecule has 0 radical (unpaired) electrons. The lowest BCUT2D eigenvalue weighted by molar-refractivity contribution is 0.102. The molecule has 0 aliphatic carbocycles. The Labute approximate surface area is 171 Å². The van der Waals surface area contributed by atoms with E-state index in [2.05, 4.69) is 20.3 Å². The molecule has 0 unspecified atom stereocenters. The van der Waals surface area contributed by atoms with E-state index in [9.17, 15) is 9.18 Å². The number of halogens is 1. The molecular weight excluding hydrogens is 395 g/mol. The third-order valence-electron chi connectivity index (χ3n) is 4.11. The van der Waals surface area contributed by atoms with E-state index in [1.54, 1.807) is 24.4 Å². The van der Waals surface area contributed by atoms with Crippen LogP contribution < -0.4 is 5.32 Å². The van der Waals surface area contributed by atoms with E-state index in [1.807, 2.05) is 27.0 Å². The van der Waals surface area contributed by atoms with Crippen molar-refractivity contribution in [3.8, 4) is 0 Å². The van der Waals surface area contributed by atoms with Crippen molar-refractivity contribution < 1.29 is 9.18 Å². The van der Waals surface area contributed by atoms with Crippen molar-refractivity contribution in [1.82, 2.24) is 15.0 Å². The number of nitrogens with one attached hydrogen (secondary N) is 1. The smallest absolute Gasteiger partial charge is 0.262 e. The van der Waals surface area contributed by atoms with E-state index in [4.69, 9.17) is 0 Å². The summed E-state index contributed by atoms with van der Waals surface area (Å²) in [7, 11) is 0. The third-order valence-corrected chi connectivity index (χ3v) is 5.70. The van der Waals surface area contributed by atoms with E-state index in [-0.39, 0.29) is 17.6 Å². The van der Waals surface area contributed by atoms with Crippen LogP contribution in [0.1, 0.15) is 52.1 Å². The molecule has 3 aromatic rings. The molecule has 0 fully saturated rings. The van der Waals surface area contributed by atoms with Gasteiger partial charge in [0.25, 0.3) is 5.91 Å². The molecule has 0 saturated heterocycles. The molecule has 1 aromatic carbocycles. The van der Waals surface area contributed by atoms with Crippen molar-refractivity contribution >= 4 is 34.1 Å². The maximum absolute atomic E-state index is 13.8. The Morgan fingerprint density at radius 3 is 2.71 bits per heavy atom. The van der Waals surface area contributed by atoms with Gasteiger partial charge < -0.3 is 0 Å². The number of amides is 1. The van der Waals surface area contributed by atoms with E-state index in [1.165, 1.54) is 29.2 Å². The molecule has 0 spiro atoms. The molecule has 2 heterocycles. The SMILES string of the molecule is CSc1nc(C(C)C)nc(C)c1C(=O)Nc1ncc(Cc2ccccc2F)s1. The molecule has 0 bridgehead atoms. The molecule has 0 aliphatic heterocycles. The minimum absolute atomic E-state index is 0.182. The van der Waals surface area contributed by atoms with Crippen LogP contribution in [0, 0.1) is 12.7 Å². The molecule has 0 saturated carbocycles. The van der Waals surface area contributed by atoms with Crippen LogP contribution in [0.5, 0.6) is 0 Å². The highest BCUT2D eigenvalue weighted by Crippen LogP contribution is 2.26. The van der Waals surface area contributed by atoms with E-state index < -0.39 is 0 Å². The fraction of sp³-hybridized carbons (Fsp3) is 0.300. The normalized spacial score (nSPS) is 11.1. The maximum Gasteiger partial charge on any atom is 0.262 e. The second kappa shape index (κ2) is 8.79. The van der Waals surface area contributed by atoms with Crippen LogP contribution >= 0.6 is 23.1 Å². The Morgan fingerprint density at radius 1 is 1.29 bits per heavy atom. The molecule has 28 heavy (non-hydrogen) atoms. The van der Waals surface area contributed by atoms with Crippen LogP contribution in [0.2, 0.25) is 0 Å². The Hall–Kier alpha value is -2.32. The average molecular weight is 417 g/mol. The molecular formula is C20H21FN4OS2. The summed E-state index contributed by atoms with van der Waals surface area (Å²) in [6, 6.07) is 6.65. The number of hydrogen-bond donors (Lipinski definition) is 1. The minimum atomic E-state index is -0.288. The number of carbonyl (C=O) groups excluding carboxylic acids is 1. The predicted molar refractivity (Wildman–Crippen MR) is 112 cm³/mol. The van der Waals surface area contributed by atoms with Gasteiger partial charge in [-0.3, -0.25) is 10.1 Å². The van der Waals surface area contributed by atoms with E-state index >= 15 is 0 Å². The van der Waals surface area contributed by atoms with Gasteiger partial charge in [-0.05, 0) is 24.8 Å². The first-order valence-corrected chi connectivity index (χ1v) is 10.8. The summed E-state index contributed by atoms with van der Waals surface area (Å²) < 4.78 is 13.8. The van der Waals surface area contributed by atoms with Crippen LogP contribution in [0.4, 0.5) is 9.52 Å². The number of carbonyl (C=O) groups is 1. The first kappa shape index (κ1) is 20.4. The number of benzene rings is 1. The zero-order chi connectivity index (χ0) is 20.3. The van der Waals surface area contributed by atoms with Crippen molar-refractivity contribution in [2.24, 2.45) is 0 Å². The summed E-state index contributed by atoms with van der Waals surface area (Å²) in [5.41, 5.74) is 1.70. The first-order valence-electron chi connectivity index (χ1n) is 8.81. The Morgan fingerprint density at radius 2 is 2.04 bits per heavy atom. The summed E-state index contributed by atoms with van der Waals surface area (Å²) in [6.45, 7) is 5.85. The Bertz CT molecular complexity index is 1000. The second-order valence-electron chi connectivity index (χ2n) is 6.56. The van der Waals surface area contributed by atoms with Crippen LogP contribution in [-0.2, 0) is 6.42 Å². The number of rotatable bonds is 6. The topological polar surface area (TPSA) is 67.8 Å². The number of aromatic nitrogens is 3. The second-order valence-corrected chi connectivity index (χ2v) is 8.47. The van der Waals surface area contributed by atoms with Gasteiger partial charge in [-0.2, -0.15) is 0 Å². The molecule has 2 aromatic heterocycles. The molecule has 0 atom stereocenters. The number of hydrogen-bond acceptors (Lipinski definition) is 6. The zero-order valence-corrected chi connectivity index (χ0v) is 17.7. The summed E-state index contributed by atoms with van der Waals surface area (Å²) in [5.74, 6) is 0.370. The molecule has 146 valence electrons. The van der Waals surface area contributed by atoms with E-state index in [0.717, 1.165) is 10.7 Å². The monoisotopic (exact) mass is 416 g/mol. The standard InChI is InChI=1S/C20H21FN4OS2/c1-11(2)17-23-12(3)16(19(24-17)27-4)18(26)25-20-22-10-14(28-20)9-13-7-5-6-8-15(13)21/h5-8,10-11H,9H2,1-4H3,(H,22,25,26). The molecule has 5 nitrogen and oxygen atoms in total. The fourth-order valence-electron chi connectivity index (χ4n) is 2.67. The van der Waals surface area contributed by atoms with Gasteiger partial charge >= 0.3 is 0 Å². The number of anilines is 1. The summed E-state index contributed by atoms with van der Waals surface area (Å²) >= 11 is 2.75. The minimum Gasteiger partial charge on any atom is -0.298 e. The van der Waals surface area contributed by atoms with Crippen molar-refractivity contribution in [2.75, 3.05) is 11.6 Å². The summed E-state index contributed by atoms with van der Waals surface area (Å²) in [4.78, 5) is 26.9. The van der Waals surface area contributed by atoms with Crippen molar-refractivity contribution in [3.63, 3.8) is 0 Å². The van der Waals surface area contributed by atoms with Crippen molar-refractivity contribution in [3.05, 3.63) is 63.8 Å². The quantitative estimate of drug-likeness (QED) is 0.449. The predicted octanol–water partition coefficient (Wildman–Crippen LogP) is 5.07.